The van der Waals surface area contributed by atoms with E-state index in [1.807, 2.05) is 60.7 Å². The molecule has 0 N–H and O–H groups in total. The van der Waals surface area contributed by atoms with Gasteiger partial charge in [0.05, 0.1) is 0 Å². The van der Waals surface area contributed by atoms with Gasteiger partial charge in [-0.2, -0.15) is 0 Å². The van der Waals surface area contributed by atoms with Crippen LogP contribution < -0.4 is 4.90 Å². The van der Waals surface area contributed by atoms with Crippen molar-refractivity contribution in [3.63, 3.8) is 0 Å². The van der Waals surface area contributed by atoms with Gasteiger partial charge in [-0.05, 0) is 58.5 Å². The number of hydrogen-bond acceptors (Lipinski definition) is 2. The van der Waals surface area contributed by atoms with Crippen molar-refractivity contribution in [3.8, 4) is 0 Å². The molecule has 1 heterocycles. The van der Waals surface area contributed by atoms with Crippen LogP contribution in [0.1, 0.15) is 42.2 Å². The first-order chi connectivity index (χ1) is 17.5. The molecule has 2 unspecified atom stereocenters. The van der Waals surface area contributed by atoms with Gasteiger partial charge in [-0.1, -0.05) is 89.9 Å². The fraction of sp³-hybridized carbons (Fsp3) is 0.161. The Hall–Kier alpha value is -3.40. The zero-order valence-corrected chi connectivity index (χ0v) is 21.0. The maximum absolute atomic E-state index is 13.8. The largest absolute Gasteiger partial charge is 0.294 e. The Morgan fingerprint density at radius 3 is 2.14 bits per heavy atom. The van der Waals surface area contributed by atoms with Gasteiger partial charge in [0.25, 0.3) is 0 Å². The van der Waals surface area contributed by atoms with Gasteiger partial charge >= 0.3 is 0 Å². The first-order valence-corrected chi connectivity index (χ1v) is 12.8. The summed E-state index contributed by atoms with van der Waals surface area (Å²) in [5, 5.41) is 3.10. The van der Waals surface area contributed by atoms with Crippen LogP contribution in [0.2, 0.25) is 10.0 Å². The van der Waals surface area contributed by atoms with Gasteiger partial charge in [0, 0.05) is 45.8 Å². The standard InChI is InChI=1S/C31H23Cl2NO2/c32-25-11-6-12-26(33)30(25)24-18-29(36)34(23-14-13-20-9-4-5-10-21(20)15-23)27-16-22(17-28(35)31(24)27)19-7-2-1-3-8-19/h1-15,22,24H,16-18H2. The Bertz CT molecular complexity index is 1520. The molecule has 36 heavy (non-hydrogen) atoms. The van der Waals surface area contributed by atoms with E-state index in [0.717, 1.165) is 27.7 Å². The lowest BCUT2D eigenvalue weighted by atomic mass is 9.72. The van der Waals surface area contributed by atoms with Gasteiger partial charge in [-0.25, -0.2) is 0 Å². The number of carbonyl (C=O) groups is 2. The fourth-order valence-electron chi connectivity index (χ4n) is 5.70. The van der Waals surface area contributed by atoms with E-state index in [1.165, 1.54) is 0 Å². The van der Waals surface area contributed by atoms with Crippen molar-refractivity contribution in [2.24, 2.45) is 0 Å². The van der Waals surface area contributed by atoms with E-state index in [-0.39, 0.29) is 24.0 Å². The highest BCUT2D eigenvalue weighted by Crippen LogP contribution is 2.49. The summed E-state index contributed by atoms with van der Waals surface area (Å²) >= 11 is 13.2. The van der Waals surface area contributed by atoms with Crippen LogP contribution in [0.4, 0.5) is 5.69 Å². The predicted molar refractivity (Wildman–Crippen MR) is 146 cm³/mol. The molecule has 6 rings (SSSR count). The SMILES string of the molecule is O=C1CC(c2ccccc2)CC2=C1C(c1c(Cl)cccc1Cl)CC(=O)N2c1ccc2ccccc2c1. The van der Waals surface area contributed by atoms with Crippen molar-refractivity contribution in [1.29, 1.82) is 0 Å². The smallest absolute Gasteiger partial charge is 0.232 e. The van der Waals surface area contributed by atoms with Crippen LogP contribution in [0.3, 0.4) is 0 Å². The molecule has 2 aliphatic rings. The molecule has 1 amide bonds. The second kappa shape index (κ2) is 9.24. The molecule has 0 saturated carbocycles. The van der Waals surface area contributed by atoms with Crippen molar-refractivity contribution in [3.05, 3.63) is 123 Å². The lowest BCUT2D eigenvalue weighted by Crippen LogP contribution is -2.42. The third kappa shape index (κ3) is 3.93. The minimum Gasteiger partial charge on any atom is -0.294 e. The van der Waals surface area contributed by atoms with E-state index in [0.29, 0.717) is 34.0 Å². The highest BCUT2D eigenvalue weighted by atomic mass is 35.5. The molecule has 3 nitrogen and oxygen atoms in total. The third-order valence-electron chi connectivity index (χ3n) is 7.34. The van der Waals surface area contributed by atoms with E-state index < -0.39 is 5.92 Å². The number of nitrogens with zero attached hydrogens (tertiary/aromatic N) is 1. The Kier molecular flexibility index (Phi) is 5.91. The molecule has 5 heteroatoms. The number of allylic oxidation sites excluding steroid dienone is 2. The zero-order chi connectivity index (χ0) is 24.8. The summed E-state index contributed by atoms with van der Waals surface area (Å²) in [6, 6.07) is 29.4. The lowest BCUT2D eigenvalue weighted by molar-refractivity contribution is -0.120. The molecule has 0 bridgehead atoms. The van der Waals surface area contributed by atoms with Gasteiger partial charge in [0.1, 0.15) is 0 Å². The summed E-state index contributed by atoms with van der Waals surface area (Å²) in [4.78, 5) is 29.4. The Balaban J connectivity index is 1.54. The molecule has 4 aromatic rings. The van der Waals surface area contributed by atoms with Crippen LogP contribution in [0.15, 0.2) is 102 Å². The van der Waals surface area contributed by atoms with E-state index >= 15 is 0 Å². The summed E-state index contributed by atoms with van der Waals surface area (Å²) in [7, 11) is 0. The van der Waals surface area contributed by atoms with Crippen molar-refractivity contribution in [2.75, 3.05) is 4.90 Å². The molecule has 1 aliphatic carbocycles. The van der Waals surface area contributed by atoms with Gasteiger partial charge < -0.3 is 0 Å². The van der Waals surface area contributed by atoms with Gasteiger partial charge in [0.2, 0.25) is 5.91 Å². The quantitative estimate of drug-likeness (QED) is 0.278. The first kappa shape index (κ1) is 23.0. The molecule has 1 aliphatic heterocycles. The van der Waals surface area contributed by atoms with E-state index in [2.05, 4.69) is 12.1 Å². The van der Waals surface area contributed by atoms with Gasteiger partial charge in [-0.15, -0.1) is 0 Å². The molecular formula is C31H23Cl2NO2. The normalized spacial score (nSPS) is 20.1. The number of amides is 1. The number of halogens is 2. The maximum Gasteiger partial charge on any atom is 0.232 e. The summed E-state index contributed by atoms with van der Waals surface area (Å²) in [6.45, 7) is 0. The van der Waals surface area contributed by atoms with Crippen LogP contribution >= 0.6 is 23.2 Å². The number of hydrogen-bond donors (Lipinski definition) is 0. The number of Topliss-reactive ketones (excluding diaryl/α,β-unsaturated/α-hetero) is 1. The number of ketones is 1. The molecule has 0 spiro atoms. The second-order valence-electron chi connectivity index (χ2n) is 9.45. The van der Waals surface area contributed by atoms with Crippen LogP contribution in [0.5, 0.6) is 0 Å². The second-order valence-corrected chi connectivity index (χ2v) is 10.3. The minimum absolute atomic E-state index is 0.00586. The molecule has 0 radical (unpaired) electrons. The summed E-state index contributed by atoms with van der Waals surface area (Å²) in [5.41, 5.74) is 3.95. The highest BCUT2D eigenvalue weighted by molar-refractivity contribution is 6.36. The molecule has 178 valence electrons. The number of benzene rings is 4. The molecular weight excluding hydrogens is 489 g/mol. The van der Waals surface area contributed by atoms with Crippen LogP contribution in [-0.2, 0) is 9.59 Å². The Labute approximate surface area is 219 Å². The number of fused-ring (bicyclic) bond motifs is 1. The lowest BCUT2D eigenvalue weighted by Gasteiger charge is -2.41. The van der Waals surface area contributed by atoms with Crippen molar-refractivity contribution in [2.45, 2.75) is 31.1 Å². The average molecular weight is 512 g/mol. The maximum atomic E-state index is 13.8. The van der Waals surface area contributed by atoms with Crippen LogP contribution in [0.25, 0.3) is 10.8 Å². The van der Waals surface area contributed by atoms with Crippen LogP contribution in [0, 0.1) is 0 Å². The fourth-order valence-corrected chi connectivity index (χ4v) is 6.36. The van der Waals surface area contributed by atoms with Crippen molar-refractivity contribution >= 4 is 51.4 Å². The predicted octanol–water partition coefficient (Wildman–Crippen LogP) is 8.07. The Morgan fingerprint density at radius 2 is 1.39 bits per heavy atom. The summed E-state index contributed by atoms with van der Waals surface area (Å²) in [5.74, 6) is -0.487. The minimum atomic E-state index is -0.463. The number of carbonyl (C=O) groups excluding carboxylic acids is 2. The first-order valence-electron chi connectivity index (χ1n) is 12.1. The molecule has 0 saturated heterocycles. The average Bonchev–Trinajstić information content (AvgIpc) is 2.88. The molecule has 4 aromatic carbocycles. The van der Waals surface area contributed by atoms with E-state index in [9.17, 15) is 9.59 Å². The highest BCUT2D eigenvalue weighted by Gasteiger charge is 2.43. The van der Waals surface area contributed by atoms with E-state index in [1.54, 1.807) is 23.1 Å². The Morgan fingerprint density at radius 1 is 0.694 bits per heavy atom. The zero-order valence-electron chi connectivity index (χ0n) is 19.5. The van der Waals surface area contributed by atoms with E-state index in [4.69, 9.17) is 23.2 Å². The number of rotatable bonds is 3. The number of anilines is 1. The van der Waals surface area contributed by atoms with Gasteiger partial charge in [0.15, 0.2) is 5.78 Å². The summed E-state index contributed by atoms with van der Waals surface area (Å²) in [6.07, 6.45) is 1.11. The molecule has 0 aromatic heterocycles. The summed E-state index contributed by atoms with van der Waals surface area (Å²) < 4.78 is 0. The third-order valence-corrected chi connectivity index (χ3v) is 8.00. The molecule has 2 atom stereocenters. The topological polar surface area (TPSA) is 37.4 Å². The van der Waals surface area contributed by atoms with Gasteiger partial charge in [-0.3, -0.25) is 14.5 Å². The molecule has 0 fully saturated rings. The van der Waals surface area contributed by atoms with Crippen LogP contribution in [-0.4, -0.2) is 11.7 Å². The van der Waals surface area contributed by atoms with Crippen molar-refractivity contribution < 1.29 is 9.59 Å². The van der Waals surface area contributed by atoms with Crippen molar-refractivity contribution in [1.82, 2.24) is 0 Å². The monoisotopic (exact) mass is 511 g/mol.